The molecule has 2 rings (SSSR count). The molecule has 0 aliphatic heterocycles. The number of hydrogen-bond acceptors (Lipinski definition) is 7. The monoisotopic (exact) mass is 588 g/mol. The van der Waals surface area contributed by atoms with Crippen molar-refractivity contribution in [3.63, 3.8) is 0 Å². The van der Waals surface area contributed by atoms with E-state index in [-0.39, 0.29) is 29.7 Å². The molecule has 1 heterocycles. The molecule has 210 valence electrons. The third kappa shape index (κ3) is 9.11. The van der Waals surface area contributed by atoms with Gasteiger partial charge in [-0.1, -0.05) is 11.6 Å². The normalized spacial score (nSPS) is 11.9. The van der Waals surface area contributed by atoms with E-state index in [0.717, 1.165) is 22.8 Å². The van der Waals surface area contributed by atoms with Crippen LogP contribution in [0.15, 0.2) is 45.2 Å². The summed E-state index contributed by atoms with van der Waals surface area (Å²) in [6.45, 7) is 1.38. The number of rotatable bonds is 9. The highest BCUT2D eigenvalue weighted by Crippen LogP contribution is 2.24. The van der Waals surface area contributed by atoms with Gasteiger partial charge in [-0.25, -0.2) is 17.6 Å². The van der Waals surface area contributed by atoms with Crippen LogP contribution in [0.4, 0.5) is 23.2 Å². The van der Waals surface area contributed by atoms with Crippen molar-refractivity contribution >= 4 is 45.1 Å². The number of nitrogens with zero attached hydrogens (tertiary/aromatic N) is 2. The molecule has 19 heteroatoms. The SMILES string of the molecule is Cc1ccc(NS(=O)(=O)c2ccc(F)cc2Cl)c(=O)n1C(CCON=C(N)N)C(N)=O.O=C(O)C(F)(F)F. The van der Waals surface area contributed by atoms with Crippen LogP contribution in [0.25, 0.3) is 0 Å². The summed E-state index contributed by atoms with van der Waals surface area (Å²) in [5.41, 5.74) is 14.8. The van der Waals surface area contributed by atoms with Gasteiger partial charge < -0.3 is 27.1 Å². The van der Waals surface area contributed by atoms with E-state index < -0.39 is 50.4 Å². The zero-order valence-electron chi connectivity index (χ0n) is 19.2. The number of oxime groups is 1. The van der Waals surface area contributed by atoms with Gasteiger partial charge in [0.1, 0.15) is 29.0 Å². The Labute approximate surface area is 216 Å². The summed E-state index contributed by atoms with van der Waals surface area (Å²) >= 11 is 5.82. The highest BCUT2D eigenvalue weighted by atomic mass is 35.5. The minimum atomic E-state index is -5.08. The van der Waals surface area contributed by atoms with Crippen molar-refractivity contribution in [3.05, 3.63) is 57.2 Å². The number of primary amides is 1. The molecule has 1 atom stereocenters. The fourth-order valence-corrected chi connectivity index (χ4v) is 4.28. The Kier molecular flexibility index (Phi) is 10.9. The Morgan fingerprint density at radius 3 is 2.26 bits per heavy atom. The van der Waals surface area contributed by atoms with Gasteiger partial charge in [-0.3, -0.25) is 18.9 Å². The van der Waals surface area contributed by atoms with Crippen molar-refractivity contribution < 1.29 is 45.5 Å². The van der Waals surface area contributed by atoms with E-state index in [2.05, 4.69) is 9.88 Å². The van der Waals surface area contributed by atoms with Gasteiger partial charge in [0.25, 0.3) is 15.6 Å². The molecule has 0 aliphatic rings. The number of halogens is 5. The Bertz CT molecular complexity index is 1380. The largest absolute Gasteiger partial charge is 0.490 e. The number of carbonyl (C=O) groups excluding carboxylic acids is 1. The molecule has 0 bridgehead atoms. The van der Waals surface area contributed by atoms with Crippen LogP contribution in [-0.4, -0.2) is 48.7 Å². The number of guanidine groups is 1. The first-order valence-corrected chi connectivity index (χ1v) is 11.7. The van der Waals surface area contributed by atoms with Crippen LogP contribution in [0.5, 0.6) is 0 Å². The van der Waals surface area contributed by atoms with Gasteiger partial charge in [0.15, 0.2) is 0 Å². The van der Waals surface area contributed by atoms with Crippen molar-refractivity contribution in [1.29, 1.82) is 0 Å². The minimum Gasteiger partial charge on any atom is -0.475 e. The number of aryl methyl sites for hydroxylation is 1. The van der Waals surface area contributed by atoms with Gasteiger partial charge in [0, 0.05) is 12.1 Å². The molecule has 0 radical (unpaired) electrons. The zero-order chi connectivity index (χ0) is 29.4. The van der Waals surface area contributed by atoms with E-state index in [4.69, 9.17) is 43.5 Å². The summed E-state index contributed by atoms with van der Waals surface area (Å²) in [5, 5.41) is 10.1. The lowest BCUT2D eigenvalue weighted by atomic mass is 10.1. The molecule has 0 saturated heterocycles. The standard InChI is InChI=1S/C17H20ClFN6O5S.C2HF3O2/c1-9-2-4-12(24-31(28,29)14-5-3-10(19)8-11(14)18)16(27)25(9)13(15(20)26)6-7-30-23-17(21)22;3-2(4,5)1(6)7/h2-5,8,13,24H,6-7H2,1H3,(H2,20,26)(H4,21,22,23);(H,6,7). The third-order valence-electron chi connectivity index (χ3n) is 4.28. The molecule has 0 fully saturated rings. The maximum atomic E-state index is 13.2. The first-order valence-electron chi connectivity index (χ1n) is 9.88. The van der Waals surface area contributed by atoms with E-state index in [1.807, 2.05) is 0 Å². The lowest BCUT2D eigenvalue weighted by molar-refractivity contribution is -0.192. The number of carbonyl (C=O) groups is 2. The molecule has 1 aromatic heterocycles. The molecule has 1 unspecified atom stereocenters. The van der Waals surface area contributed by atoms with Crippen molar-refractivity contribution in [3.8, 4) is 0 Å². The summed E-state index contributed by atoms with van der Waals surface area (Å²) in [5.74, 6) is -4.68. The van der Waals surface area contributed by atoms with Crippen LogP contribution < -0.4 is 27.5 Å². The summed E-state index contributed by atoms with van der Waals surface area (Å²) in [7, 11) is -4.34. The van der Waals surface area contributed by atoms with Gasteiger partial charge in [-0.05, 0) is 42.4 Å². The van der Waals surface area contributed by atoms with Crippen LogP contribution in [0.3, 0.4) is 0 Å². The predicted molar refractivity (Wildman–Crippen MR) is 126 cm³/mol. The molecule has 1 amide bonds. The molecule has 13 nitrogen and oxygen atoms in total. The van der Waals surface area contributed by atoms with E-state index in [0.29, 0.717) is 5.69 Å². The second kappa shape index (κ2) is 13.0. The molecule has 2 aromatic rings. The van der Waals surface area contributed by atoms with Gasteiger partial charge >= 0.3 is 12.1 Å². The summed E-state index contributed by atoms with van der Waals surface area (Å²) in [6.07, 6.45) is -5.16. The van der Waals surface area contributed by atoms with Crippen molar-refractivity contribution in [1.82, 2.24) is 4.57 Å². The van der Waals surface area contributed by atoms with Gasteiger partial charge in [-0.2, -0.15) is 13.2 Å². The minimum absolute atomic E-state index is 0.0765. The second-order valence-corrected chi connectivity index (χ2v) is 9.16. The molecule has 0 spiro atoms. The van der Waals surface area contributed by atoms with E-state index in [9.17, 15) is 35.6 Å². The molecule has 38 heavy (non-hydrogen) atoms. The van der Waals surface area contributed by atoms with Crippen LogP contribution in [0.1, 0.15) is 18.2 Å². The first kappa shape index (κ1) is 32.0. The number of aliphatic carboxylic acids is 1. The fraction of sp³-hybridized carbons (Fsp3) is 0.263. The third-order valence-corrected chi connectivity index (χ3v) is 6.13. The smallest absolute Gasteiger partial charge is 0.475 e. The topological polar surface area (TPSA) is 222 Å². The van der Waals surface area contributed by atoms with Crippen molar-refractivity contribution in [2.45, 2.75) is 30.5 Å². The van der Waals surface area contributed by atoms with Crippen LogP contribution in [0.2, 0.25) is 5.02 Å². The number of benzene rings is 1. The number of nitrogens with two attached hydrogens (primary N) is 3. The molecular weight excluding hydrogens is 568 g/mol. The Morgan fingerprint density at radius 1 is 1.21 bits per heavy atom. The van der Waals surface area contributed by atoms with Gasteiger partial charge in [-0.15, -0.1) is 0 Å². The Balaban J connectivity index is 0.000000905. The molecule has 0 saturated carbocycles. The lowest BCUT2D eigenvalue weighted by Crippen LogP contribution is -2.37. The van der Waals surface area contributed by atoms with Gasteiger partial charge in [0.2, 0.25) is 11.9 Å². The average molecular weight is 589 g/mol. The highest BCUT2D eigenvalue weighted by molar-refractivity contribution is 7.92. The van der Waals surface area contributed by atoms with Crippen molar-refractivity contribution in [2.24, 2.45) is 22.4 Å². The first-order chi connectivity index (χ1) is 17.4. The number of anilines is 1. The quantitative estimate of drug-likeness (QED) is 0.0925. The summed E-state index contributed by atoms with van der Waals surface area (Å²) < 4.78 is 73.4. The number of carboxylic acids is 1. The molecule has 0 aliphatic carbocycles. The number of alkyl halides is 3. The average Bonchev–Trinajstić information content (AvgIpc) is 2.76. The number of pyridine rings is 1. The van der Waals surface area contributed by atoms with E-state index in [1.54, 1.807) is 0 Å². The zero-order valence-corrected chi connectivity index (χ0v) is 20.8. The lowest BCUT2D eigenvalue weighted by Gasteiger charge is -2.20. The van der Waals surface area contributed by atoms with Gasteiger partial charge in [0.05, 0.1) is 5.02 Å². The maximum Gasteiger partial charge on any atom is 0.490 e. The highest BCUT2D eigenvalue weighted by Gasteiger charge is 2.38. The number of amides is 1. The number of hydrogen-bond donors (Lipinski definition) is 5. The Morgan fingerprint density at radius 2 is 1.79 bits per heavy atom. The molecule has 8 N–H and O–H groups in total. The second-order valence-electron chi connectivity index (χ2n) is 7.10. The number of sulfonamides is 1. The maximum absolute atomic E-state index is 13.2. The summed E-state index contributed by atoms with van der Waals surface area (Å²) in [6, 6.07) is 4.15. The van der Waals surface area contributed by atoms with Crippen LogP contribution >= 0.6 is 11.6 Å². The predicted octanol–water partition coefficient (Wildman–Crippen LogP) is 1.00. The van der Waals surface area contributed by atoms with Crippen LogP contribution in [0, 0.1) is 12.7 Å². The van der Waals surface area contributed by atoms with Crippen LogP contribution in [-0.2, 0) is 24.4 Å². The molecule has 1 aromatic carbocycles. The number of carboxylic acid groups (broad SMARTS) is 1. The number of nitrogens with one attached hydrogen (secondary N) is 1. The van der Waals surface area contributed by atoms with E-state index >= 15 is 0 Å². The number of aromatic nitrogens is 1. The van der Waals surface area contributed by atoms with Crippen molar-refractivity contribution in [2.75, 3.05) is 11.3 Å². The van der Waals surface area contributed by atoms with E-state index in [1.165, 1.54) is 19.1 Å². The Hall–Kier alpha value is -4.06. The summed E-state index contributed by atoms with van der Waals surface area (Å²) in [4.78, 5) is 38.2. The fourth-order valence-electron chi connectivity index (χ4n) is 2.69. The molecular formula is C19H21ClF4N6O7S.